The van der Waals surface area contributed by atoms with E-state index in [4.69, 9.17) is 98.2 Å². The van der Waals surface area contributed by atoms with E-state index in [-0.39, 0.29) is 114 Å². The number of halogens is 10. The molecule has 144 heavy (non-hydrogen) atoms. The van der Waals surface area contributed by atoms with Crippen LogP contribution in [0.4, 0.5) is 22.0 Å². The summed E-state index contributed by atoms with van der Waals surface area (Å²) in [4.78, 5) is 144. The van der Waals surface area contributed by atoms with Gasteiger partial charge in [-0.2, -0.15) is 36.9 Å². The van der Waals surface area contributed by atoms with E-state index in [2.05, 4.69) is 85.6 Å². The topological polar surface area (TPSA) is 507 Å². The zero-order chi connectivity index (χ0) is 100. The van der Waals surface area contributed by atoms with Crippen molar-refractivity contribution in [1.29, 1.82) is 0 Å². The summed E-state index contributed by atoms with van der Waals surface area (Å²) in [5, 5.41) is 38.9. The number of aliphatic carboxylic acids is 1. The first-order valence-electron chi connectivity index (χ1n) is 46.4. The van der Waals surface area contributed by atoms with Crippen molar-refractivity contribution in [3.05, 3.63) is 262 Å². The molecule has 10 aliphatic heterocycles. The highest BCUT2D eigenvalue weighted by Gasteiger charge is 2.44. The average Bonchev–Trinajstić information content (AvgIpc) is 1.64. The largest absolute Gasteiger partial charge is 0.478 e. The van der Waals surface area contributed by atoms with Gasteiger partial charge >= 0.3 is 11.9 Å². The summed E-state index contributed by atoms with van der Waals surface area (Å²) >= 11 is 29.0. The van der Waals surface area contributed by atoms with Crippen LogP contribution in [-0.4, -0.2) is 226 Å². The van der Waals surface area contributed by atoms with Gasteiger partial charge in [0.15, 0.2) is 17.5 Å². The van der Waals surface area contributed by atoms with Gasteiger partial charge in [0, 0.05) is 159 Å². The molecule has 10 atom stereocenters. The Kier molecular flexibility index (Phi) is 31.3. The minimum absolute atomic E-state index is 0. The van der Waals surface area contributed by atoms with Crippen molar-refractivity contribution in [3.8, 4) is 34.8 Å². The van der Waals surface area contributed by atoms with Crippen LogP contribution < -0.4 is 11.5 Å². The lowest BCUT2D eigenvalue weighted by Gasteiger charge is -2.38. The first-order chi connectivity index (χ1) is 69.0. The molecule has 12 aromatic rings. The summed E-state index contributed by atoms with van der Waals surface area (Å²) in [6.07, 6.45) is 32.1. The van der Waals surface area contributed by atoms with Crippen LogP contribution in [0.1, 0.15) is 235 Å². The van der Waals surface area contributed by atoms with E-state index in [1.165, 1.54) is 79.7 Å². The van der Waals surface area contributed by atoms with E-state index in [9.17, 15) is 55.5 Å². The third-order valence-electron chi connectivity index (χ3n) is 27.7. The van der Waals surface area contributed by atoms with Gasteiger partial charge in [-0.1, -0.05) is 97.3 Å². The molecule has 47 heteroatoms. The van der Waals surface area contributed by atoms with Crippen molar-refractivity contribution in [2.45, 2.75) is 190 Å². The predicted octanol–water partition coefficient (Wildman–Crippen LogP) is 16.6. The summed E-state index contributed by atoms with van der Waals surface area (Å²) in [5.74, 6) is -2.31. The Balaban J connectivity index is 0.000000121. The van der Waals surface area contributed by atoms with Crippen molar-refractivity contribution in [1.82, 2.24) is 99.8 Å². The number of carbonyl (C=O) groups is 7. The molecule has 1 aliphatic carbocycles. The summed E-state index contributed by atoms with van der Waals surface area (Å²) in [6.45, 7) is 2.29. The summed E-state index contributed by atoms with van der Waals surface area (Å²) in [6, 6.07) is 13.9. The van der Waals surface area contributed by atoms with Crippen LogP contribution in [0, 0.1) is 41.6 Å². The Morgan fingerprint density at radius 2 is 0.708 bits per heavy atom. The van der Waals surface area contributed by atoms with E-state index in [0.29, 0.717) is 200 Å². The Hall–Kier alpha value is -14.1. The quantitative estimate of drug-likeness (QED) is 0.0113. The number of hydrogen-bond acceptors (Lipinski definition) is 25. The van der Waals surface area contributed by atoms with Crippen molar-refractivity contribution < 1.29 is 84.2 Å². The van der Waals surface area contributed by atoms with Crippen LogP contribution in [0.15, 0.2) is 157 Å². The summed E-state index contributed by atoms with van der Waals surface area (Å²) in [5.41, 5.74) is 20.1. The third-order valence-corrected chi connectivity index (χ3v) is 28.9. The highest BCUT2D eigenvalue weighted by molar-refractivity contribution is 6.32. The summed E-state index contributed by atoms with van der Waals surface area (Å²) < 4.78 is 83.2. The third kappa shape index (κ3) is 22.9. The number of fused-ring (bicyclic) bond motifs is 10. The lowest BCUT2D eigenvalue weighted by atomic mass is 9.90. The van der Waals surface area contributed by atoms with Gasteiger partial charge in [0.05, 0.1) is 47.9 Å². The van der Waals surface area contributed by atoms with Gasteiger partial charge in [-0.15, -0.1) is 0 Å². The standard InChI is InChI=1S/C19H19ClFN5O3.3C19H17ClFN5O2.C14H17FN4O2.C6H5ClO2.CH4/c20-12-6-15(23-7-12)19(28)29-25-17(22)11-2-4-13-3-1-10-5-16(21)24-8-14(10)18(27)26(13)9-11;3*20-12-6-15(22-7-12)18-24-17(25-28-18)11-2-4-13-3-1-10-5-16(21)23-8-14(10)19(27)26(13)9-11;15-12-5-8-1-3-10-4-2-9(13(16)18-21)7-19(10)14(20)11(8)6-17-12;7-5-2-1-4(3-5)6(8)9;/h5-8,11,13,23H,1-4,9H2,(H2,22,25);3*5-8,11,13,22H,1-4,9H2;5-6,9-10,21H,1-4,7H2,(H2,16,18);2-3H,1H2,(H,8,9);1H4/t4*11-,13+;9-,10+;;/m01000../s1. The molecule has 0 saturated carbocycles. The number of nitrogens with one attached hydrogen (secondary N) is 4. The Morgan fingerprint density at radius 3 is 0.979 bits per heavy atom. The number of nitrogens with zero attached hydrogens (tertiary/aromatic N) is 18. The fourth-order valence-electron chi connectivity index (χ4n) is 20.1. The van der Waals surface area contributed by atoms with Gasteiger partial charge in [0.25, 0.3) is 47.2 Å². The highest BCUT2D eigenvalue weighted by atomic mass is 35.5. The Labute approximate surface area is 843 Å². The molecule has 0 bridgehead atoms. The lowest BCUT2D eigenvalue weighted by Crippen LogP contribution is -2.49. The van der Waals surface area contributed by atoms with E-state index in [1.807, 2.05) is 14.7 Å². The Morgan fingerprint density at radius 1 is 0.410 bits per heavy atom. The number of H-pyrrole nitrogens is 4. The van der Waals surface area contributed by atoms with Crippen LogP contribution >= 0.6 is 58.0 Å². The monoisotopic (exact) mass is 2070 g/mol. The first kappa shape index (κ1) is 101. The number of oxime groups is 2. The van der Waals surface area contributed by atoms with Crippen LogP contribution in [0.25, 0.3) is 34.8 Å². The first-order valence-corrected chi connectivity index (χ1v) is 48.3. The minimum atomic E-state index is -0.887. The second kappa shape index (κ2) is 44.4. The van der Waals surface area contributed by atoms with Crippen molar-refractivity contribution in [2.75, 3.05) is 32.7 Å². The maximum atomic E-state index is 13.5. The smallest absolute Gasteiger partial charge is 0.381 e. The van der Waals surface area contributed by atoms with Crippen LogP contribution in [-0.2, 0) is 41.7 Å². The molecule has 11 aliphatic rings. The number of amidine groups is 2. The molecule has 23 rings (SSSR count). The number of piperidine rings is 5. The number of carboxylic acids is 1. The molecule has 37 nitrogen and oxygen atoms in total. The van der Waals surface area contributed by atoms with Gasteiger partial charge < -0.3 is 84.6 Å². The van der Waals surface area contributed by atoms with E-state index >= 15 is 0 Å². The van der Waals surface area contributed by atoms with Gasteiger partial charge in [-0.25, -0.2) is 34.5 Å². The SMILES string of the molecule is C.N/C(=N\O)[C@H]1CC[C@H]2CCc3cc(F)ncc3C(=O)N2C1.N/C(=N\OC(=O)c1cc(Cl)c[nH]1)[C@H]1CC[C@H]2CCc3cc(F)ncc3C(=O)N2C1.O=C(O)C1=CC(Cl)=CC1.O=C1c2cnc(F)cc2CC[C@@H]2CC[C@H](c3noc(-c4cc(Cl)c[nH]4)n3)CN12.O=C1c2cnc(F)cc2CC[C@@H]2CC[C@H](c3noc(-c4cc(Cl)c[nH]4)n3)CN12.O=C1c2cnc(F)cc2CC[C@H]2CC[C@@H](c3noc(-c4cc(Cl)c[nH]4)n3)CN12. The van der Waals surface area contributed by atoms with Crippen molar-refractivity contribution >= 4 is 111 Å². The number of aryl methyl sites for hydroxylation is 5. The van der Waals surface area contributed by atoms with E-state index in [0.717, 1.165) is 107 Å². The maximum absolute atomic E-state index is 13.5. The molecular formula is C97H96Cl5F5N24O13. The molecule has 12 aromatic heterocycles. The van der Waals surface area contributed by atoms with Crippen LogP contribution in [0.3, 0.4) is 0 Å². The zero-order valence-corrected chi connectivity index (χ0v) is 79.9. The van der Waals surface area contributed by atoms with Crippen LogP contribution in [0.5, 0.6) is 0 Å². The average molecular weight is 2080 g/mol. The molecule has 22 heterocycles. The number of pyridine rings is 5. The molecule has 10 N–H and O–H groups in total. The number of aromatic amines is 4. The molecule has 0 aromatic carbocycles. The van der Waals surface area contributed by atoms with Gasteiger partial charge in [-0.05, 0) is 223 Å². The van der Waals surface area contributed by atoms with E-state index < -0.39 is 41.7 Å². The van der Waals surface area contributed by atoms with E-state index in [1.54, 1.807) is 52.7 Å². The zero-order valence-electron chi connectivity index (χ0n) is 76.1. The number of rotatable bonds is 11. The predicted molar refractivity (Wildman–Crippen MR) is 513 cm³/mol. The number of carboxylic acid groups (broad SMARTS) is 1. The molecular weight excluding hydrogens is 1980 g/mol. The molecule has 0 spiro atoms. The fourth-order valence-corrected chi connectivity index (χ4v) is 21.0. The molecule has 5 fully saturated rings. The maximum Gasteiger partial charge on any atom is 0.381 e. The number of hydrogen-bond donors (Lipinski definition) is 8. The van der Waals surface area contributed by atoms with Gasteiger partial charge in [0.1, 0.15) is 34.4 Å². The second-order valence-electron chi connectivity index (χ2n) is 36.4. The van der Waals surface area contributed by atoms with Crippen molar-refractivity contribution in [3.63, 3.8) is 0 Å². The molecule has 5 saturated heterocycles. The molecule has 0 radical (unpaired) electrons. The van der Waals surface area contributed by atoms with Gasteiger partial charge in [-0.3, -0.25) is 24.0 Å². The Bertz CT molecular complexity index is 6570. The molecule has 752 valence electrons. The molecule has 0 unspecified atom stereocenters. The lowest BCUT2D eigenvalue weighted by molar-refractivity contribution is -0.132. The normalized spacial score (nSPS) is 22.1. The summed E-state index contributed by atoms with van der Waals surface area (Å²) in [7, 11) is 0. The highest BCUT2D eigenvalue weighted by Crippen LogP contribution is 2.42. The van der Waals surface area contributed by atoms with Gasteiger partial charge in [0.2, 0.25) is 29.7 Å². The van der Waals surface area contributed by atoms with Crippen molar-refractivity contribution in [2.24, 2.45) is 33.6 Å². The number of aromatic nitrogens is 15. The number of carbonyl (C=O) groups excluding carboxylic acids is 6. The number of amides is 5. The fraction of sp³-hybridized carbons (Fsp3) is 0.381. The minimum Gasteiger partial charge on any atom is -0.478 e. The van der Waals surface area contributed by atoms with Crippen LogP contribution in [0.2, 0.25) is 20.1 Å². The molecule has 5 amide bonds. The number of nitrogens with two attached hydrogens (primary N) is 2. The number of allylic oxidation sites excluding steroid dienone is 3. The second-order valence-corrected chi connectivity index (χ2v) is 38.6.